The van der Waals surface area contributed by atoms with Crippen LogP contribution < -0.4 is 10.7 Å². The second-order valence-electron chi connectivity index (χ2n) is 11.4. The molecule has 9 nitrogen and oxygen atoms in total. The standard InChI is InChI=1S/C35H34N4O5.Mg/c1-8-19-15(3)22-12-24-17(5)21(10-11-28(40)41)32(38-24)30-31(35(43)44-7)34(42)29-18(6)25(39-33(29)30)14-27-20(9-2)16(4)23(37-27)13-26(19)36-22;/h8,12-14,31,36,42H,1,9-11H2,2-7H3,(H,40,41);/q;+2. The summed E-state index contributed by atoms with van der Waals surface area (Å²) in [5.41, 5.74) is 10.9. The summed E-state index contributed by atoms with van der Waals surface area (Å²) in [5.74, 6) is -2.89. The number of aliphatic imine (C=N–C) groups is 3. The number of hydrogen-bond donors (Lipinski definition) is 3. The number of rotatable bonds is 6. The molecule has 10 heteroatoms. The van der Waals surface area contributed by atoms with Gasteiger partial charge >= 0.3 is 35.0 Å². The number of H-pyrrole nitrogens is 1. The van der Waals surface area contributed by atoms with Crippen LogP contribution in [0.25, 0.3) is 18.2 Å². The van der Waals surface area contributed by atoms with E-state index in [-0.39, 0.29) is 41.7 Å². The molecule has 0 amide bonds. The molecule has 4 aliphatic heterocycles. The van der Waals surface area contributed by atoms with Gasteiger partial charge in [-0.25, -0.2) is 15.0 Å². The van der Waals surface area contributed by atoms with Crippen molar-refractivity contribution in [2.45, 2.75) is 53.9 Å². The molecule has 0 saturated heterocycles. The van der Waals surface area contributed by atoms with Crippen molar-refractivity contribution >= 4 is 70.4 Å². The molecule has 8 bridgehead atoms. The second kappa shape index (κ2) is 11.9. The zero-order valence-electron chi connectivity index (χ0n) is 26.4. The molecule has 1 aliphatic carbocycles. The van der Waals surface area contributed by atoms with E-state index in [2.05, 4.69) is 25.4 Å². The van der Waals surface area contributed by atoms with Crippen molar-refractivity contribution in [1.29, 1.82) is 0 Å². The zero-order valence-corrected chi connectivity index (χ0v) is 27.8. The molecule has 0 saturated carbocycles. The molecular weight excluding hydrogens is 581 g/mol. The molecule has 224 valence electrons. The number of aromatic amines is 1. The average molecular weight is 615 g/mol. The van der Waals surface area contributed by atoms with Gasteiger partial charge in [-0.05, 0) is 92.2 Å². The minimum Gasteiger partial charge on any atom is -0.510 e. The first kappa shape index (κ1) is 32.1. The second-order valence-corrected chi connectivity index (χ2v) is 11.4. The zero-order chi connectivity index (χ0) is 31.6. The SMILES string of the molecule is C=Cc1c(C)c2[nH]c1=CC1=NC(=CC3=C(C)C4=C(O)C(C(=O)OC)C(=C5N=C(C=2)C(C)=C5CCC(=O)O)C4=N3)C(CC)=C1C.[Mg+2]. The first-order valence-electron chi connectivity index (χ1n) is 14.6. The van der Waals surface area contributed by atoms with Crippen molar-refractivity contribution in [1.82, 2.24) is 4.98 Å². The number of aliphatic hydroxyl groups excluding tert-OH is 1. The van der Waals surface area contributed by atoms with Crippen LogP contribution in [0.1, 0.15) is 58.1 Å². The fourth-order valence-electron chi connectivity index (χ4n) is 6.65. The van der Waals surface area contributed by atoms with Crippen LogP contribution in [0.4, 0.5) is 0 Å². The van der Waals surface area contributed by atoms with Crippen molar-refractivity contribution in [3.05, 3.63) is 96.3 Å². The summed E-state index contributed by atoms with van der Waals surface area (Å²) < 4.78 is 5.14. The topological polar surface area (TPSA) is 137 Å². The van der Waals surface area contributed by atoms with Crippen LogP contribution in [0.5, 0.6) is 0 Å². The molecule has 0 radical (unpaired) electrons. The number of hydrogen-bond acceptors (Lipinski definition) is 7. The van der Waals surface area contributed by atoms with Gasteiger partial charge in [0.15, 0.2) is 0 Å². The fraction of sp³-hybridized carbons (Fsp3) is 0.286. The summed E-state index contributed by atoms with van der Waals surface area (Å²) in [6, 6.07) is 0. The number of carbonyl (C=O) groups is 2. The molecule has 0 fully saturated rings. The van der Waals surface area contributed by atoms with E-state index in [1.165, 1.54) is 7.11 Å². The molecule has 1 unspecified atom stereocenters. The Hall–Kier alpha value is -4.28. The van der Waals surface area contributed by atoms with E-state index in [0.717, 1.165) is 56.4 Å². The number of carboxylic acid groups (broad SMARTS) is 1. The van der Waals surface area contributed by atoms with Crippen LogP contribution in [0, 0.1) is 12.8 Å². The Morgan fingerprint density at radius 2 is 1.67 bits per heavy atom. The summed E-state index contributed by atoms with van der Waals surface area (Å²) in [7, 11) is 1.27. The van der Waals surface area contributed by atoms with Gasteiger partial charge in [-0.3, -0.25) is 9.59 Å². The number of nitrogens with zero attached hydrogens (tertiary/aromatic N) is 3. The van der Waals surface area contributed by atoms with Crippen molar-refractivity contribution in [3.8, 4) is 0 Å². The van der Waals surface area contributed by atoms with Crippen molar-refractivity contribution in [2.24, 2.45) is 20.9 Å². The maximum atomic E-state index is 13.2. The van der Waals surface area contributed by atoms with Crippen LogP contribution in [0.2, 0.25) is 0 Å². The Morgan fingerprint density at radius 1 is 1.00 bits per heavy atom. The van der Waals surface area contributed by atoms with Gasteiger partial charge in [-0.2, -0.15) is 0 Å². The number of methoxy groups -OCH3 is 1. The smallest absolute Gasteiger partial charge is 0.510 e. The maximum absolute atomic E-state index is 13.2. The summed E-state index contributed by atoms with van der Waals surface area (Å²) in [5, 5.41) is 22.8. The Labute approximate surface area is 277 Å². The Balaban J connectivity index is 0.00000400. The number of aromatic nitrogens is 1. The van der Waals surface area contributed by atoms with Crippen molar-refractivity contribution in [2.75, 3.05) is 7.11 Å². The van der Waals surface area contributed by atoms with Crippen LogP contribution in [-0.4, -0.2) is 74.4 Å². The Bertz CT molecular complexity index is 2040. The summed E-state index contributed by atoms with van der Waals surface area (Å²) in [6.07, 6.45) is 8.52. The first-order chi connectivity index (χ1) is 21.0. The molecular formula is C35H34MgN4O5+2. The first-order valence-corrected chi connectivity index (χ1v) is 14.6. The van der Waals surface area contributed by atoms with Crippen molar-refractivity contribution < 1.29 is 24.5 Å². The molecule has 0 aromatic carbocycles. The normalized spacial score (nSPS) is 20.1. The number of esters is 1. The molecule has 1 aromatic rings. The van der Waals surface area contributed by atoms with Gasteiger partial charge in [-0.1, -0.05) is 19.6 Å². The number of carbonyl (C=O) groups excluding carboxylic acids is 1. The number of fused-ring (bicyclic) bond motifs is 5. The van der Waals surface area contributed by atoms with Gasteiger partial charge in [0.25, 0.3) is 0 Å². The van der Waals surface area contributed by atoms with E-state index in [1.54, 1.807) is 0 Å². The van der Waals surface area contributed by atoms with Gasteiger partial charge in [0.2, 0.25) is 0 Å². The summed E-state index contributed by atoms with van der Waals surface area (Å²) in [4.78, 5) is 43.4. The Morgan fingerprint density at radius 3 is 2.31 bits per heavy atom. The summed E-state index contributed by atoms with van der Waals surface area (Å²) in [6.45, 7) is 14.0. The number of carboxylic acids is 1. The van der Waals surface area contributed by atoms with E-state index in [4.69, 9.17) is 19.7 Å². The van der Waals surface area contributed by atoms with Gasteiger partial charge in [0.05, 0.1) is 41.3 Å². The molecule has 5 heterocycles. The van der Waals surface area contributed by atoms with Gasteiger partial charge in [0, 0.05) is 33.8 Å². The minimum atomic E-state index is -1.15. The number of allylic oxidation sites excluding steroid dienone is 7. The van der Waals surface area contributed by atoms with Gasteiger partial charge < -0.3 is 19.9 Å². The minimum absolute atomic E-state index is 0. The fourth-order valence-corrected chi connectivity index (χ4v) is 6.65. The van der Waals surface area contributed by atoms with Crippen LogP contribution in [-0.2, 0) is 14.3 Å². The van der Waals surface area contributed by atoms with Gasteiger partial charge in [-0.15, -0.1) is 0 Å². The largest absolute Gasteiger partial charge is 2.00 e. The van der Waals surface area contributed by atoms with Gasteiger partial charge in [0.1, 0.15) is 11.7 Å². The predicted molar refractivity (Wildman–Crippen MR) is 177 cm³/mol. The van der Waals surface area contributed by atoms with E-state index in [0.29, 0.717) is 45.1 Å². The molecule has 5 aliphatic rings. The van der Waals surface area contributed by atoms with Crippen LogP contribution in [0.15, 0.2) is 89.5 Å². The molecule has 45 heavy (non-hydrogen) atoms. The van der Waals surface area contributed by atoms with Crippen molar-refractivity contribution in [3.63, 3.8) is 0 Å². The van der Waals surface area contributed by atoms with E-state index < -0.39 is 17.9 Å². The number of nitrogens with one attached hydrogen (secondary N) is 1. The van der Waals surface area contributed by atoms with Crippen LogP contribution >= 0.6 is 0 Å². The summed E-state index contributed by atoms with van der Waals surface area (Å²) >= 11 is 0. The third-order valence-electron chi connectivity index (χ3n) is 9.09. The molecule has 6 rings (SSSR count). The van der Waals surface area contributed by atoms with E-state index in [9.17, 15) is 19.8 Å². The maximum Gasteiger partial charge on any atom is 2.00 e. The number of aliphatic carboxylic acids is 1. The molecule has 0 spiro atoms. The predicted octanol–water partition coefficient (Wildman–Crippen LogP) is 4.46. The number of ether oxygens (including phenoxy) is 1. The third kappa shape index (κ3) is 4.96. The third-order valence-corrected chi connectivity index (χ3v) is 9.09. The Kier molecular flexibility index (Phi) is 8.50. The quantitative estimate of drug-likeness (QED) is 0.321. The number of aliphatic hydroxyl groups is 1. The van der Waals surface area contributed by atoms with E-state index >= 15 is 0 Å². The molecule has 1 atom stereocenters. The monoisotopic (exact) mass is 614 g/mol. The molecule has 3 N–H and O–H groups in total. The average Bonchev–Trinajstić information content (AvgIpc) is 3.72. The van der Waals surface area contributed by atoms with E-state index in [1.807, 2.05) is 45.1 Å². The van der Waals surface area contributed by atoms with Crippen LogP contribution in [0.3, 0.4) is 0 Å². The molecule has 1 aromatic heterocycles.